The fourth-order valence-electron chi connectivity index (χ4n) is 4.74. The number of anilines is 1. The normalized spacial score (nSPS) is 20.6. The molecule has 5 rings (SSSR count). The van der Waals surface area contributed by atoms with Crippen molar-refractivity contribution in [2.75, 3.05) is 50.7 Å². The van der Waals surface area contributed by atoms with Gasteiger partial charge < -0.3 is 9.80 Å². The van der Waals surface area contributed by atoms with E-state index in [1.165, 1.54) is 6.42 Å². The third-order valence-electron chi connectivity index (χ3n) is 6.34. The molecule has 2 aromatic heterocycles. The van der Waals surface area contributed by atoms with Crippen LogP contribution in [0.3, 0.4) is 0 Å². The Kier molecular flexibility index (Phi) is 5.36. The Balaban J connectivity index is 1.18. The molecule has 4 heterocycles. The number of aromatic amines is 1. The fourth-order valence-corrected chi connectivity index (χ4v) is 4.74. The molecule has 0 saturated carbocycles. The Hall–Kier alpha value is -2.93. The van der Waals surface area contributed by atoms with Crippen LogP contribution in [0.25, 0.3) is 10.9 Å². The highest BCUT2D eigenvalue weighted by atomic mass is 16.2. The van der Waals surface area contributed by atoms with E-state index in [1.807, 2.05) is 47.5 Å². The van der Waals surface area contributed by atoms with Crippen LogP contribution in [0.5, 0.6) is 0 Å². The Bertz CT molecular complexity index is 995. The largest absolute Gasteiger partial charge is 0.354 e. The number of piperazine rings is 1. The lowest BCUT2D eigenvalue weighted by Crippen LogP contribution is -2.50. The molecule has 1 amide bonds. The Morgan fingerprint density at radius 2 is 1.87 bits per heavy atom. The van der Waals surface area contributed by atoms with Crippen LogP contribution in [-0.2, 0) is 0 Å². The third kappa shape index (κ3) is 3.89. The highest BCUT2D eigenvalue weighted by Crippen LogP contribution is 2.23. The highest BCUT2D eigenvalue weighted by molar-refractivity contribution is 6.04. The minimum atomic E-state index is 0.0529. The second-order valence-electron chi connectivity index (χ2n) is 8.35. The first-order chi connectivity index (χ1) is 14.8. The minimum Gasteiger partial charge on any atom is -0.354 e. The summed E-state index contributed by atoms with van der Waals surface area (Å²) in [7, 11) is 0. The summed E-state index contributed by atoms with van der Waals surface area (Å²) in [6.07, 6.45) is 4.11. The maximum atomic E-state index is 13.1. The molecule has 1 unspecified atom stereocenters. The van der Waals surface area contributed by atoms with Crippen molar-refractivity contribution in [3.8, 4) is 0 Å². The molecule has 156 valence electrons. The number of H-pyrrole nitrogens is 1. The fraction of sp³-hybridized carbons (Fsp3) is 0.435. The number of carbonyl (C=O) groups is 1. The van der Waals surface area contributed by atoms with Gasteiger partial charge in [-0.1, -0.05) is 24.3 Å². The molecular weight excluding hydrogens is 376 g/mol. The van der Waals surface area contributed by atoms with Crippen LogP contribution < -0.4 is 4.90 Å². The van der Waals surface area contributed by atoms with Crippen molar-refractivity contribution in [2.45, 2.75) is 12.8 Å². The molecule has 0 bridgehead atoms. The number of nitrogens with one attached hydrogen (secondary N) is 1. The second kappa shape index (κ2) is 8.44. The average Bonchev–Trinajstić information content (AvgIpc) is 3.24. The third-order valence-corrected chi connectivity index (χ3v) is 6.34. The molecule has 0 aliphatic carbocycles. The van der Waals surface area contributed by atoms with E-state index in [0.29, 0.717) is 11.6 Å². The number of aromatic nitrogens is 3. The van der Waals surface area contributed by atoms with E-state index < -0.39 is 0 Å². The first-order valence-corrected chi connectivity index (χ1v) is 10.9. The lowest BCUT2D eigenvalue weighted by Gasteiger charge is -2.39. The van der Waals surface area contributed by atoms with Crippen molar-refractivity contribution in [3.63, 3.8) is 0 Å². The molecule has 1 atom stereocenters. The predicted molar refractivity (Wildman–Crippen MR) is 118 cm³/mol. The average molecular weight is 405 g/mol. The Morgan fingerprint density at radius 1 is 1.03 bits per heavy atom. The van der Waals surface area contributed by atoms with Gasteiger partial charge in [0.15, 0.2) is 5.69 Å². The zero-order valence-electron chi connectivity index (χ0n) is 17.2. The number of fused-ring (bicyclic) bond motifs is 1. The standard InChI is InChI=1S/C23H28N6O/c30-23(22-19-7-1-2-8-20(19)25-26-22)29-11-5-6-18(17-29)16-27-12-14-28(15-13-27)21-9-3-4-10-24-21/h1-4,7-10,18H,5-6,11-17H2,(H,25,26). The maximum absolute atomic E-state index is 13.1. The summed E-state index contributed by atoms with van der Waals surface area (Å²) in [5.74, 6) is 1.64. The molecule has 30 heavy (non-hydrogen) atoms. The number of pyridine rings is 1. The van der Waals surface area contributed by atoms with E-state index >= 15 is 0 Å². The molecule has 7 heteroatoms. The van der Waals surface area contributed by atoms with Gasteiger partial charge in [-0.05, 0) is 37.0 Å². The monoisotopic (exact) mass is 404 g/mol. The van der Waals surface area contributed by atoms with Crippen LogP contribution in [0.2, 0.25) is 0 Å². The van der Waals surface area contributed by atoms with Crippen LogP contribution in [0, 0.1) is 5.92 Å². The smallest absolute Gasteiger partial charge is 0.275 e. The number of hydrogen-bond acceptors (Lipinski definition) is 5. The van der Waals surface area contributed by atoms with E-state index in [2.05, 4.69) is 31.0 Å². The van der Waals surface area contributed by atoms with Gasteiger partial charge in [-0.15, -0.1) is 0 Å². The van der Waals surface area contributed by atoms with Crippen LogP contribution in [-0.4, -0.2) is 76.7 Å². The van der Waals surface area contributed by atoms with E-state index in [-0.39, 0.29) is 5.91 Å². The van der Waals surface area contributed by atoms with Gasteiger partial charge in [0, 0.05) is 57.4 Å². The minimum absolute atomic E-state index is 0.0529. The van der Waals surface area contributed by atoms with Crippen molar-refractivity contribution < 1.29 is 4.79 Å². The summed E-state index contributed by atoms with van der Waals surface area (Å²) in [5.41, 5.74) is 1.47. The quantitative estimate of drug-likeness (QED) is 0.724. The van der Waals surface area contributed by atoms with Crippen LogP contribution in [0.15, 0.2) is 48.7 Å². The molecule has 0 spiro atoms. The van der Waals surface area contributed by atoms with Crippen molar-refractivity contribution in [3.05, 3.63) is 54.4 Å². The molecule has 0 radical (unpaired) electrons. The predicted octanol–water partition coefficient (Wildman–Crippen LogP) is 2.63. The lowest BCUT2D eigenvalue weighted by atomic mass is 9.96. The van der Waals surface area contributed by atoms with Gasteiger partial charge in [0.05, 0.1) is 5.52 Å². The summed E-state index contributed by atoms with van der Waals surface area (Å²) in [5, 5.41) is 8.21. The van der Waals surface area contributed by atoms with Gasteiger partial charge >= 0.3 is 0 Å². The van der Waals surface area contributed by atoms with Gasteiger partial charge in [-0.25, -0.2) is 4.98 Å². The van der Waals surface area contributed by atoms with Crippen molar-refractivity contribution in [2.24, 2.45) is 5.92 Å². The Morgan fingerprint density at radius 3 is 2.70 bits per heavy atom. The summed E-state index contributed by atoms with van der Waals surface area (Å²) < 4.78 is 0. The zero-order valence-corrected chi connectivity index (χ0v) is 17.2. The van der Waals surface area contributed by atoms with Crippen molar-refractivity contribution >= 4 is 22.6 Å². The van der Waals surface area contributed by atoms with Crippen LogP contribution in [0.4, 0.5) is 5.82 Å². The zero-order chi connectivity index (χ0) is 20.3. The van der Waals surface area contributed by atoms with Crippen molar-refractivity contribution in [1.29, 1.82) is 0 Å². The van der Waals surface area contributed by atoms with Gasteiger partial charge in [0.2, 0.25) is 0 Å². The number of para-hydroxylation sites is 1. The Labute approximate surface area is 176 Å². The molecule has 2 saturated heterocycles. The molecule has 2 aliphatic heterocycles. The first kappa shape index (κ1) is 19.1. The van der Waals surface area contributed by atoms with Crippen molar-refractivity contribution in [1.82, 2.24) is 25.0 Å². The van der Waals surface area contributed by atoms with E-state index in [9.17, 15) is 4.79 Å². The number of amides is 1. The van der Waals surface area contributed by atoms with Gasteiger partial charge in [0.1, 0.15) is 5.82 Å². The summed E-state index contributed by atoms with van der Waals surface area (Å²) in [6.45, 7) is 6.80. The molecule has 1 N–H and O–H groups in total. The van der Waals surface area contributed by atoms with Gasteiger partial charge in [-0.3, -0.25) is 14.8 Å². The van der Waals surface area contributed by atoms with Gasteiger partial charge in [-0.2, -0.15) is 5.10 Å². The number of likely N-dealkylation sites (tertiary alicyclic amines) is 1. The molecule has 3 aromatic rings. The molecule has 7 nitrogen and oxygen atoms in total. The highest BCUT2D eigenvalue weighted by Gasteiger charge is 2.29. The number of rotatable bonds is 4. The number of nitrogens with zero attached hydrogens (tertiary/aromatic N) is 5. The molecular formula is C23H28N6O. The molecule has 2 fully saturated rings. The number of piperidine rings is 1. The van der Waals surface area contributed by atoms with E-state index in [1.54, 1.807) is 0 Å². The van der Waals surface area contributed by atoms with Gasteiger partial charge in [0.25, 0.3) is 5.91 Å². The number of hydrogen-bond donors (Lipinski definition) is 1. The number of carbonyl (C=O) groups excluding carboxylic acids is 1. The molecule has 1 aromatic carbocycles. The van der Waals surface area contributed by atoms with Crippen LogP contribution >= 0.6 is 0 Å². The lowest BCUT2D eigenvalue weighted by molar-refractivity contribution is 0.0633. The summed E-state index contributed by atoms with van der Waals surface area (Å²) >= 11 is 0. The van der Waals surface area contributed by atoms with E-state index in [4.69, 9.17) is 0 Å². The topological polar surface area (TPSA) is 68.4 Å². The SMILES string of the molecule is O=C(c1n[nH]c2ccccc12)N1CCCC(CN2CCN(c3ccccn3)CC2)C1. The summed E-state index contributed by atoms with van der Waals surface area (Å²) in [4.78, 5) is 24.5. The first-order valence-electron chi connectivity index (χ1n) is 10.9. The molecule has 2 aliphatic rings. The summed E-state index contributed by atoms with van der Waals surface area (Å²) in [6, 6.07) is 13.9. The number of benzene rings is 1. The van der Waals surface area contributed by atoms with Crippen LogP contribution in [0.1, 0.15) is 23.3 Å². The van der Waals surface area contributed by atoms with E-state index in [0.717, 1.165) is 69.0 Å². The second-order valence-corrected chi connectivity index (χ2v) is 8.35. The maximum Gasteiger partial charge on any atom is 0.275 e.